The number of amides is 2. The molecule has 1 unspecified atom stereocenters. The number of aliphatic carboxylic acids is 1. The zero-order valence-electron chi connectivity index (χ0n) is 15.2. The number of non-ortho nitro benzene ring substituents is 1. The van der Waals surface area contributed by atoms with E-state index in [1.54, 1.807) is 0 Å². The number of nitro benzene ring substituents is 1. The topological polar surface area (TPSA) is 127 Å². The standard InChI is InChI=1S/C19H16N2O7S/c1-29-9-8-16(19(24)25)20-17(22)14-7-6-13(10-15(14)18(20)23)28-12-4-2-11(3-5-12)21(26)27/h2-7,10,16H,8-9H2,1H3,(H,24,25). The van der Waals surface area contributed by atoms with E-state index in [1.165, 1.54) is 54.2 Å². The highest BCUT2D eigenvalue weighted by molar-refractivity contribution is 7.98. The van der Waals surface area contributed by atoms with Crippen molar-refractivity contribution in [3.8, 4) is 11.5 Å². The van der Waals surface area contributed by atoms with Crippen molar-refractivity contribution in [3.05, 3.63) is 63.7 Å². The molecule has 9 nitrogen and oxygen atoms in total. The lowest BCUT2D eigenvalue weighted by Crippen LogP contribution is -2.45. The fraction of sp³-hybridized carbons (Fsp3) is 0.211. The third-order valence-electron chi connectivity index (χ3n) is 4.36. The van der Waals surface area contributed by atoms with Gasteiger partial charge in [0.2, 0.25) is 0 Å². The van der Waals surface area contributed by atoms with Crippen LogP contribution in [0.5, 0.6) is 11.5 Å². The second-order valence-corrected chi connectivity index (χ2v) is 7.16. The SMILES string of the molecule is CSCCC(C(=O)O)N1C(=O)c2ccc(Oc3ccc([N+](=O)[O-])cc3)cc2C1=O. The molecule has 0 spiro atoms. The van der Waals surface area contributed by atoms with Gasteiger partial charge in [0.05, 0.1) is 16.1 Å². The summed E-state index contributed by atoms with van der Waals surface area (Å²) in [5.74, 6) is -1.54. The van der Waals surface area contributed by atoms with Gasteiger partial charge in [-0.2, -0.15) is 11.8 Å². The van der Waals surface area contributed by atoms with Crippen LogP contribution in [0.2, 0.25) is 0 Å². The Morgan fingerprint density at radius 3 is 2.34 bits per heavy atom. The van der Waals surface area contributed by atoms with E-state index in [9.17, 15) is 29.6 Å². The molecule has 0 saturated heterocycles. The number of fused-ring (bicyclic) bond motifs is 1. The summed E-state index contributed by atoms with van der Waals surface area (Å²) in [5.41, 5.74) is 0.0824. The molecule has 10 heteroatoms. The number of thioether (sulfide) groups is 1. The summed E-state index contributed by atoms with van der Waals surface area (Å²) in [6.45, 7) is 0. The highest BCUT2D eigenvalue weighted by atomic mass is 32.2. The van der Waals surface area contributed by atoms with Gasteiger partial charge in [-0.15, -0.1) is 0 Å². The first-order valence-corrected chi connectivity index (χ1v) is 9.89. The third-order valence-corrected chi connectivity index (χ3v) is 5.01. The summed E-state index contributed by atoms with van der Waals surface area (Å²) in [4.78, 5) is 47.9. The van der Waals surface area contributed by atoms with Crippen LogP contribution >= 0.6 is 11.8 Å². The molecule has 0 aromatic heterocycles. The predicted molar refractivity (Wildman–Crippen MR) is 105 cm³/mol. The van der Waals surface area contributed by atoms with Gasteiger partial charge in [-0.05, 0) is 48.8 Å². The van der Waals surface area contributed by atoms with Gasteiger partial charge in [0.15, 0.2) is 0 Å². The summed E-state index contributed by atoms with van der Waals surface area (Å²) < 4.78 is 5.61. The summed E-state index contributed by atoms with van der Waals surface area (Å²) in [6, 6.07) is 8.39. The number of carboxylic acids is 1. The second kappa shape index (κ2) is 8.31. The number of nitro groups is 1. The number of nitrogens with zero attached hydrogens (tertiary/aromatic N) is 2. The minimum Gasteiger partial charge on any atom is -0.480 e. The molecule has 0 fully saturated rings. The molecule has 1 heterocycles. The number of carbonyl (C=O) groups excluding carboxylic acids is 2. The van der Waals surface area contributed by atoms with Crippen molar-refractivity contribution in [1.29, 1.82) is 0 Å². The number of carbonyl (C=O) groups is 3. The van der Waals surface area contributed by atoms with Crippen molar-refractivity contribution < 1.29 is 29.2 Å². The van der Waals surface area contributed by atoms with Crippen molar-refractivity contribution in [2.24, 2.45) is 0 Å². The Kier molecular flexibility index (Phi) is 5.83. The zero-order chi connectivity index (χ0) is 21.1. The summed E-state index contributed by atoms with van der Waals surface area (Å²) in [5, 5.41) is 20.2. The molecule has 2 aromatic carbocycles. The van der Waals surface area contributed by atoms with Crippen molar-refractivity contribution in [2.75, 3.05) is 12.0 Å². The van der Waals surface area contributed by atoms with Crippen LogP contribution in [0, 0.1) is 10.1 Å². The first-order valence-electron chi connectivity index (χ1n) is 8.49. The number of imide groups is 1. The highest BCUT2D eigenvalue weighted by Crippen LogP contribution is 2.31. The molecule has 1 atom stereocenters. The lowest BCUT2D eigenvalue weighted by molar-refractivity contribution is -0.384. The largest absolute Gasteiger partial charge is 0.480 e. The van der Waals surface area contributed by atoms with E-state index in [0.29, 0.717) is 11.5 Å². The minimum absolute atomic E-state index is 0.0600. The number of ether oxygens (including phenoxy) is 1. The lowest BCUT2D eigenvalue weighted by atomic mass is 10.1. The van der Waals surface area contributed by atoms with Crippen LogP contribution < -0.4 is 4.74 Å². The van der Waals surface area contributed by atoms with Crippen LogP contribution in [-0.2, 0) is 4.79 Å². The summed E-state index contributed by atoms with van der Waals surface area (Å²) in [6.07, 6.45) is 1.96. The van der Waals surface area contributed by atoms with E-state index in [1.807, 2.05) is 6.26 Å². The van der Waals surface area contributed by atoms with Crippen LogP contribution in [-0.4, -0.2) is 50.8 Å². The van der Waals surface area contributed by atoms with Crippen molar-refractivity contribution in [3.63, 3.8) is 0 Å². The van der Waals surface area contributed by atoms with Crippen molar-refractivity contribution in [1.82, 2.24) is 4.90 Å². The minimum atomic E-state index is -1.24. The maximum absolute atomic E-state index is 12.7. The molecule has 1 aliphatic heterocycles. The molecule has 1 N–H and O–H groups in total. The maximum Gasteiger partial charge on any atom is 0.326 e. The average Bonchev–Trinajstić information content (AvgIpc) is 2.93. The van der Waals surface area contributed by atoms with Gasteiger partial charge in [0.1, 0.15) is 17.5 Å². The molecule has 29 heavy (non-hydrogen) atoms. The molecule has 0 saturated carbocycles. The summed E-state index contributed by atoms with van der Waals surface area (Å²) in [7, 11) is 0. The maximum atomic E-state index is 12.7. The van der Waals surface area contributed by atoms with Crippen LogP contribution in [0.25, 0.3) is 0 Å². The average molecular weight is 416 g/mol. The van der Waals surface area contributed by atoms with Gasteiger partial charge in [-0.1, -0.05) is 0 Å². The van der Waals surface area contributed by atoms with Crippen molar-refractivity contribution >= 4 is 35.2 Å². The van der Waals surface area contributed by atoms with Crippen molar-refractivity contribution in [2.45, 2.75) is 12.5 Å². The summed E-state index contributed by atoms with van der Waals surface area (Å²) >= 11 is 1.42. The highest BCUT2D eigenvalue weighted by Gasteiger charge is 2.42. The van der Waals surface area contributed by atoms with Gasteiger partial charge >= 0.3 is 5.97 Å². The van der Waals surface area contributed by atoms with Gasteiger partial charge in [0.25, 0.3) is 17.5 Å². The Labute approximate surface area is 169 Å². The molecule has 2 aromatic rings. The van der Waals surface area contributed by atoms with E-state index < -0.39 is 28.7 Å². The third kappa shape index (κ3) is 4.06. The smallest absolute Gasteiger partial charge is 0.326 e. The number of carboxylic acid groups (broad SMARTS) is 1. The van der Waals surface area contributed by atoms with Gasteiger partial charge < -0.3 is 9.84 Å². The first kappa shape index (κ1) is 20.3. The molecule has 3 rings (SSSR count). The van der Waals surface area contributed by atoms with Gasteiger partial charge in [-0.3, -0.25) is 24.6 Å². The second-order valence-electron chi connectivity index (χ2n) is 6.18. The predicted octanol–water partition coefficient (Wildman–Crippen LogP) is 3.19. The van der Waals surface area contributed by atoms with Crippen LogP contribution in [0.1, 0.15) is 27.1 Å². The van der Waals surface area contributed by atoms with E-state index in [0.717, 1.165) is 4.90 Å². The Hall–Kier alpha value is -3.40. The monoisotopic (exact) mass is 416 g/mol. The fourth-order valence-electron chi connectivity index (χ4n) is 2.95. The van der Waals surface area contributed by atoms with Crippen LogP contribution in [0.3, 0.4) is 0 Å². The van der Waals surface area contributed by atoms with E-state index in [4.69, 9.17) is 4.74 Å². The number of benzene rings is 2. The van der Waals surface area contributed by atoms with E-state index in [2.05, 4.69) is 0 Å². The molecule has 2 amide bonds. The van der Waals surface area contributed by atoms with Crippen LogP contribution in [0.4, 0.5) is 5.69 Å². The van der Waals surface area contributed by atoms with E-state index >= 15 is 0 Å². The molecule has 0 bridgehead atoms. The van der Waals surface area contributed by atoms with Crippen LogP contribution in [0.15, 0.2) is 42.5 Å². The fourth-order valence-corrected chi connectivity index (χ4v) is 3.41. The van der Waals surface area contributed by atoms with E-state index in [-0.39, 0.29) is 29.0 Å². The van der Waals surface area contributed by atoms with Gasteiger partial charge in [-0.25, -0.2) is 4.79 Å². The number of hydrogen-bond donors (Lipinski definition) is 1. The van der Waals surface area contributed by atoms with Gasteiger partial charge in [0, 0.05) is 12.1 Å². The molecule has 0 radical (unpaired) electrons. The molecule has 0 aliphatic carbocycles. The first-order chi connectivity index (χ1) is 13.8. The Morgan fingerprint density at radius 1 is 1.14 bits per heavy atom. The number of hydrogen-bond acceptors (Lipinski definition) is 7. The normalized spacial score (nSPS) is 13.9. The molecular weight excluding hydrogens is 400 g/mol. The number of rotatable bonds is 8. The molecule has 1 aliphatic rings. The zero-order valence-corrected chi connectivity index (χ0v) is 16.0. The quantitative estimate of drug-likeness (QED) is 0.395. The lowest BCUT2D eigenvalue weighted by Gasteiger charge is -2.22. The molecule has 150 valence electrons. The Balaban J connectivity index is 1.85. The molecular formula is C19H16N2O7S. The Bertz CT molecular complexity index is 991. The Morgan fingerprint density at radius 2 is 1.76 bits per heavy atom.